The van der Waals surface area contributed by atoms with Gasteiger partial charge in [0.2, 0.25) is 0 Å². The lowest BCUT2D eigenvalue weighted by molar-refractivity contribution is -0.880. The largest absolute Gasteiger partial charge is 0.360 e. The normalized spacial score (nSPS) is 16.1. The third kappa shape index (κ3) is 2.47. The van der Waals surface area contributed by atoms with Crippen LogP contribution in [0.2, 0.25) is 0 Å². The van der Waals surface area contributed by atoms with E-state index in [2.05, 4.69) is 24.1 Å². The Labute approximate surface area is 135 Å². The van der Waals surface area contributed by atoms with E-state index in [0.29, 0.717) is 0 Å². The van der Waals surface area contributed by atoms with Gasteiger partial charge >= 0.3 is 0 Å². The lowest BCUT2D eigenvalue weighted by Crippen LogP contribution is -3.12. The van der Waals surface area contributed by atoms with Crippen LogP contribution in [0.15, 0.2) is 59.4 Å². The summed E-state index contributed by atoms with van der Waals surface area (Å²) >= 11 is 0. The van der Waals surface area contributed by atoms with Gasteiger partial charge in [0.1, 0.15) is 0 Å². The molecule has 3 aromatic carbocycles. The molecule has 4 rings (SSSR count). The van der Waals surface area contributed by atoms with Crippen molar-refractivity contribution in [3.05, 3.63) is 64.8 Å². The van der Waals surface area contributed by atoms with E-state index in [-0.39, 0.29) is 5.43 Å². The van der Waals surface area contributed by atoms with Crippen molar-refractivity contribution in [3.8, 4) is 0 Å². The van der Waals surface area contributed by atoms with E-state index in [1.165, 1.54) is 5.69 Å². The van der Waals surface area contributed by atoms with Crippen LogP contribution in [-0.2, 0) is 0 Å². The van der Waals surface area contributed by atoms with Gasteiger partial charge in [0, 0.05) is 21.8 Å². The average Bonchev–Trinajstić information content (AvgIpc) is 2.72. The summed E-state index contributed by atoms with van der Waals surface area (Å²) in [5, 5.41) is 3.70. The van der Waals surface area contributed by atoms with Crippen molar-refractivity contribution >= 4 is 27.2 Å². The predicted octanol–water partition coefficient (Wildman–Crippen LogP) is 1.69. The zero-order valence-corrected chi connectivity index (χ0v) is 13.4. The van der Waals surface area contributed by atoms with Crippen LogP contribution in [0, 0.1) is 0 Å². The molecule has 1 fully saturated rings. The maximum absolute atomic E-state index is 13.0. The summed E-state index contributed by atoms with van der Waals surface area (Å²) in [6, 6.07) is 18.1. The number of hydrogen-bond donors (Lipinski definition) is 1. The van der Waals surface area contributed by atoms with E-state index in [9.17, 15) is 4.79 Å². The molecule has 0 unspecified atom stereocenters. The Morgan fingerprint density at radius 1 is 0.870 bits per heavy atom. The maximum Gasteiger partial charge on any atom is 0.194 e. The third-order valence-electron chi connectivity index (χ3n) is 4.90. The second-order valence-corrected chi connectivity index (χ2v) is 6.44. The van der Waals surface area contributed by atoms with Crippen molar-refractivity contribution in [2.24, 2.45) is 0 Å². The van der Waals surface area contributed by atoms with Crippen LogP contribution in [0.1, 0.15) is 0 Å². The Morgan fingerprint density at radius 3 is 2.22 bits per heavy atom. The molecule has 0 radical (unpaired) electrons. The first-order valence-electron chi connectivity index (χ1n) is 8.25. The number of piperazine rings is 1. The molecule has 1 N–H and O–H groups in total. The predicted molar refractivity (Wildman–Crippen MR) is 96.6 cm³/mol. The highest BCUT2D eigenvalue weighted by Crippen LogP contribution is 2.27. The molecule has 3 aromatic rings. The van der Waals surface area contributed by atoms with Gasteiger partial charge in [-0.05, 0) is 11.5 Å². The summed E-state index contributed by atoms with van der Waals surface area (Å²) in [6.07, 6.45) is 0. The SMILES string of the molecule is C[NH+]1CCN(c2cc3ccccc3c(=O)c3ccccc23)CC1. The molecule has 0 atom stereocenters. The number of fused-ring (bicyclic) bond motifs is 2. The first-order valence-corrected chi connectivity index (χ1v) is 8.25. The van der Waals surface area contributed by atoms with Crippen molar-refractivity contribution in [2.75, 3.05) is 38.1 Å². The Bertz CT molecular complexity index is 927. The summed E-state index contributed by atoms with van der Waals surface area (Å²) in [4.78, 5) is 17.0. The summed E-state index contributed by atoms with van der Waals surface area (Å²) in [6.45, 7) is 4.33. The lowest BCUT2D eigenvalue weighted by atomic mass is 10.1. The van der Waals surface area contributed by atoms with E-state index >= 15 is 0 Å². The highest BCUT2D eigenvalue weighted by atomic mass is 16.1. The van der Waals surface area contributed by atoms with Gasteiger partial charge in [-0.2, -0.15) is 0 Å². The van der Waals surface area contributed by atoms with Crippen molar-refractivity contribution in [1.29, 1.82) is 0 Å². The molecule has 1 aliphatic rings. The zero-order valence-electron chi connectivity index (χ0n) is 13.4. The van der Waals surface area contributed by atoms with Gasteiger partial charge in [-0.15, -0.1) is 0 Å². The van der Waals surface area contributed by atoms with Crippen molar-refractivity contribution in [3.63, 3.8) is 0 Å². The fourth-order valence-electron chi connectivity index (χ4n) is 3.50. The first-order chi connectivity index (χ1) is 11.2. The van der Waals surface area contributed by atoms with Gasteiger partial charge in [0.05, 0.1) is 33.2 Å². The van der Waals surface area contributed by atoms with Gasteiger partial charge in [0.25, 0.3) is 0 Å². The molecule has 0 bridgehead atoms. The number of anilines is 1. The molecular formula is C20H21N2O+. The second-order valence-electron chi connectivity index (χ2n) is 6.44. The number of benzene rings is 2. The molecule has 0 amide bonds. The number of hydrogen-bond acceptors (Lipinski definition) is 2. The van der Waals surface area contributed by atoms with Crippen LogP contribution in [0.4, 0.5) is 5.69 Å². The molecule has 0 saturated carbocycles. The summed E-state index contributed by atoms with van der Waals surface area (Å²) < 4.78 is 0. The van der Waals surface area contributed by atoms with Crippen LogP contribution in [0.25, 0.3) is 21.5 Å². The van der Waals surface area contributed by atoms with Crippen molar-refractivity contribution in [2.45, 2.75) is 0 Å². The molecule has 3 heteroatoms. The Kier molecular flexibility index (Phi) is 3.50. The minimum absolute atomic E-state index is 0.127. The average molecular weight is 305 g/mol. The lowest BCUT2D eigenvalue weighted by Gasteiger charge is -2.32. The minimum Gasteiger partial charge on any atom is -0.360 e. The highest BCUT2D eigenvalue weighted by Gasteiger charge is 2.19. The Hall–Kier alpha value is -2.39. The Balaban J connectivity index is 2.05. The monoisotopic (exact) mass is 305 g/mol. The van der Waals surface area contributed by atoms with Gasteiger partial charge in [-0.1, -0.05) is 48.5 Å². The van der Waals surface area contributed by atoms with E-state index in [1.54, 1.807) is 4.90 Å². The molecule has 1 aliphatic heterocycles. The van der Waals surface area contributed by atoms with Crippen LogP contribution in [0.5, 0.6) is 0 Å². The number of quaternary nitrogens is 1. The molecular weight excluding hydrogens is 284 g/mol. The zero-order chi connectivity index (χ0) is 15.8. The fourth-order valence-corrected chi connectivity index (χ4v) is 3.50. The van der Waals surface area contributed by atoms with Gasteiger partial charge < -0.3 is 9.80 Å². The van der Waals surface area contributed by atoms with E-state index in [4.69, 9.17) is 0 Å². The fraction of sp³-hybridized carbons (Fsp3) is 0.250. The van der Waals surface area contributed by atoms with E-state index in [0.717, 1.165) is 47.7 Å². The first kappa shape index (κ1) is 14.2. The van der Waals surface area contributed by atoms with Crippen LogP contribution >= 0.6 is 0 Å². The van der Waals surface area contributed by atoms with Gasteiger partial charge in [-0.25, -0.2) is 0 Å². The number of likely N-dealkylation sites (N-methyl/N-ethyl adjacent to an activating group) is 1. The molecule has 3 nitrogen and oxygen atoms in total. The quantitative estimate of drug-likeness (QED) is 0.740. The molecule has 0 aromatic heterocycles. The highest BCUT2D eigenvalue weighted by molar-refractivity contribution is 6.01. The standard InChI is InChI=1S/C20H20N2O/c1-21-10-12-22(13-11-21)19-14-15-6-2-3-7-16(15)20(23)18-9-5-4-8-17(18)19/h2-9,14H,10-13H2,1H3/p+1. The second kappa shape index (κ2) is 5.67. The third-order valence-corrected chi connectivity index (χ3v) is 4.90. The molecule has 1 heterocycles. The van der Waals surface area contributed by atoms with E-state index in [1.807, 2.05) is 42.5 Å². The van der Waals surface area contributed by atoms with Crippen molar-refractivity contribution in [1.82, 2.24) is 0 Å². The number of nitrogens with zero attached hydrogens (tertiary/aromatic N) is 1. The van der Waals surface area contributed by atoms with Gasteiger partial charge in [-0.3, -0.25) is 4.79 Å². The maximum atomic E-state index is 13.0. The van der Waals surface area contributed by atoms with Crippen LogP contribution in [-0.4, -0.2) is 33.2 Å². The smallest absolute Gasteiger partial charge is 0.194 e. The minimum atomic E-state index is 0.127. The molecule has 0 spiro atoms. The van der Waals surface area contributed by atoms with E-state index < -0.39 is 0 Å². The number of rotatable bonds is 1. The Morgan fingerprint density at radius 2 is 1.48 bits per heavy atom. The summed E-state index contributed by atoms with van der Waals surface area (Å²) in [5.74, 6) is 0. The molecule has 0 aliphatic carbocycles. The molecule has 116 valence electrons. The van der Waals surface area contributed by atoms with Crippen LogP contribution in [0.3, 0.4) is 0 Å². The van der Waals surface area contributed by atoms with Crippen LogP contribution < -0.4 is 15.2 Å². The topological polar surface area (TPSA) is 24.8 Å². The van der Waals surface area contributed by atoms with Gasteiger partial charge in [0.15, 0.2) is 5.43 Å². The summed E-state index contributed by atoms with van der Waals surface area (Å²) in [5.41, 5.74) is 1.31. The van der Waals surface area contributed by atoms with Crippen molar-refractivity contribution < 1.29 is 4.90 Å². The number of nitrogens with one attached hydrogen (secondary N) is 1. The summed E-state index contributed by atoms with van der Waals surface area (Å²) in [7, 11) is 2.24. The molecule has 23 heavy (non-hydrogen) atoms. The molecule has 1 saturated heterocycles.